The number of nitrogens with zero attached hydrogens (tertiary/aromatic N) is 1. The lowest BCUT2D eigenvalue weighted by atomic mass is 10.0. The monoisotopic (exact) mass is 304 g/mol. The first kappa shape index (κ1) is 14.9. The smallest absolute Gasteiger partial charge is 0.248 e. The number of carbonyl (C=O) groups excluding carboxylic acids is 1. The topological polar surface area (TPSA) is 42.0 Å². The molecule has 116 valence electrons. The summed E-state index contributed by atoms with van der Waals surface area (Å²) in [6.07, 6.45) is 0.323. The Labute approximate surface area is 127 Å². The highest BCUT2D eigenvalue weighted by atomic mass is 19.3. The summed E-state index contributed by atoms with van der Waals surface area (Å²) >= 11 is 0. The number of aromatic nitrogens is 1. The van der Waals surface area contributed by atoms with E-state index >= 15 is 0 Å². The third-order valence-electron chi connectivity index (χ3n) is 4.10. The van der Waals surface area contributed by atoms with E-state index in [-0.39, 0.29) is 31.1 Å². The number of benzene rings is 1. The van der Waals surface area contributed by atoms with Crippen molar-refractivity contribution in [3.05, 3.63) is 42.1 Å². The number of nitrogens with one attached hydrogen (secondary N) is 1. The predicted octanol–water partition coefficient (Wildman–Crippen LogP) is 3.68. The van der Waals surface area contributed by atoms with Crippen molar-refractivity contribution >= 4 is 16.8 Å². The second kappa shape index (κ2) is 5.99. The first-order chi connectivity index (χ1) is 10.5. The van der Waals surface area contributed by atoms with Crippen LogP contribution in [0.3, 0.4) is 0 Å². The van der Waals surface area contributed by atoms with Crippen molar-refractivity contribution in [3.63, 3.8) is 0 Å². The molecule has 0 saturated heterocycles. The highest BCUT2D eigenvalue weighted by Crippen LogP contribution is 2.40. The number of rotatable bonds is 4. The van der Waals surface area contributed by atoms with Gasteiger partial charge in [0.15, 0.2) is 0 Å². The van der Waals surface area contributed by atoms with Crippen LogP contribution in [0.1, 0.15) is 31.4 Å². The molecule has 0 aliphatic heterocycles. The van der Waals surface area contributed by atoms with Crippen LogP contribution in [0.5, 0.6) is 0 Å². The van der Waals surface area contributed by atoms with Crippen LogP contribution in [0.25, 0.3) is 10.9 Å². The molecule has 1 aliphatic rings. The molecule has 0 bridgehead atoms. The lowest BCUT2D eigenvalue weighted by Crippen LogP contribution is -2.25. The van der Waals surface area contributed by atoms with E-state index in [2.05, 4.69) is 10.3 Å². The summed E-state index contributed by atoms with van der Waals surface area (Å²) in [7, 11) is 0. The summed E-state index contributed by atoms with van der Waals surface area (Å²) < 4.78 is 26.2. The maximum atomic E-state index is 13.1. The van der Waals surface area contributed by atoms with E-state index in [9.17, 15) is 13.6 Å². The minimum absolute atomic E-state index is 0.100. The van der Waals surface area contributed by atoms with Gasteiger partial charge in [0.25, 0.3) is 0 Å². The molecule has 1 N–H and O–H groups in total. The van der Waals surface area contributed by atoms with Crippen molar-refractivity contribution in [2.24, 2.45) is 5.92 Å². The Morgan fingerprint density at radius 3 is 2.86 bits per heavy atom. The molecule has 1 amide bonds. The number of hydrogen-bond acceptors (Lipinski definition) is 2. The number of fused-ring (bicyclic) bond motifs is 1. The Morgan fingerprint density at radius 1 is 1.27 bits per heavy atom. The van der Waals surface area contributed by atoms with Crippen LogP contribution in [0, 0.1) is 5.92 Å². The van der Waals surface area contributed by atoms with Gasteiger partial charge in [-0.25, -0.2) is 8.78 Å². The Bertz CT molecular complexity index is 687. The summed E-state index contributed by atoms with van der Waals surface area (Å²) in [4.78, 5) is 16.3. The van der Waals surface area contributed by atoms with E-state index < -0.39 is 5.92 Å². The summed E-state index contributed by atoms with van der Waals surface area (Å²) in [6.45, 7) is 0.326. The molecule has 1 atom stereocenters. The molecule has 1 aromatic carbocycles. The van der Waals surface area contributed by atoms with Crippen molar-refractivity contribution in [3.8, 4) is 0 Å². The number of amides is 1. The van der Waals surface area contributed by atoms with Gasteiger partial charge >= 0.3 is 0 Å². The fourth-order valence-electron chi connectivity index (χ4n) is 2.95. The van der Waals surface area contributed by atoms with Gasteiger partial charge in [0.2, 0.25) is 11.8 Å². The highest BCUT2D eigenvalue weighted by Gasteiger charge is 2.39. The number of pyridine rings is 1. The molecule has 0 radical (unpaired) electrons. The average molecular weight is 304 g/mol. The van der Waals surface area contributed by atoms with Gasteiger partial charge in [-0.05, 0) is 24.5 Å². The number of carbonyl (C=O) groups is 1. The molecule has 1 saturated carbocycles. The van der Waals surface area contributed by atoms with Gasteiger partial charge in [-0.15, -0.1) is 0 Å². The fourth-order valence-corrected chi connectivity index (χ4v) is 2.95. The highest BCUT2D eigenvalue weighted by molar-refractivity contribution is 5.79. The zero-order valence-electron chi connectivity index (χ0n) is 12.2. The van der Waals surface area contributed by atoms with Crippen molar-refractivity contribution in [2.45, 2.75) is 38.2 Å². The zero-order valence-corrected chi connectivity index (χ0v) is 12.2. The lowest BCUT2D eigenvalue weighted by Gasteiger charge is -2.11. The van der Waals surface area contributed by atoms with Crippen LogP contribution in [0.2, 0.25) is 0 Å². The van der Waals surface area contributed by atoms with E-state index in [0.717, 1.165) is 16.6 Å². The maximum absolute atomic E-state index is 13.1. The molecule has 5 heteroatoms. The average Bonchev–Trinajstić information content (AvgIpc) is 2.84. The van der Waals surface area contributed by atoms with Gasteiger partial charge in [-0.1, -0.05) is 24.3 Å². The molecule has 1 aliphatic carbocycles. The number of hydrogen-bond donors (Lipinski definition) is 1. The second-order valence-corrected chi connectivity index (χ2v) is 5.94. The van der Waals surface area contributed by atoms with Crippen LogP contribution in [-0.4, -0.2) is 16.8 Å². The molecular formula is C17H18F2N2O. The summed E-state index contributed by atoms with van der Waals surface area (Å²) in [6, 6.07) is 11.6. The molecule has 3 rings (SSSR count). The summed E-state index contributed by atoms with van der Waals surface area (Å²) in [5, 5.41) is 3.82. The third-order valence-corrected chi connectivity index (χ3v) is 4.10. The van der Waals surface area contributed by atoms with E-state index in [1.54, 1.807) is 0 Å². The van der Waals surface area contributed by atoms with Crippen LogP contribution in [0.4, 0.5) is 8.78 Å². The Morgan fingerprint density at radius 2 is 2.09 bits per heavy atom. The van der Waals surface area contributed by atoms with Crippen LogP contribution in [0.15, 0.2) is 36.4 Å². The van der Waals surface area contributed by atoms with Gasteiger partial charge in [0, 0.05) is 24.6 Å². The molecular weight excluding hydrogens is 286 g/mol. The van der Waals surface area contributed by atoms with Crippen molar-refractivity contribution in [1.29, 1.82) is 0 Å². The van der Waals surface area contributed by atoms with Gasteiger partial charge in [0.1, 0.15) is 0 Å². The standard InChI is InChI=1S/C17H18F2N2O/c18-17(19)8-7-12(10-17)9-16(22)20-11-14-6-5-13-3-1-2-4-15(13)21-14/h1-6,12H,7-11H2,(H,20,22). The predicted molar refractivity (Wildman–Crippen MR) is 80.5 cm³/mol. The zero-order chi connectivity index (χ0) is 15.6. The van der Waals surface area contributed by atoms with Gasteiger partial charge < -0.3 is 5.32 Å². The minimum atomic E-state index is -2.59. The molecule has 22 heavy (non-hydrogen) atoms. The third kappa shape index (κ3) is 3.59. The van der Waals surface area contributed by atoms with Gasteiger partial charge in [-0.2, -0.15) is 0 Å². The minimum Gasteiger partial charge on any atom is -0.350 e. The molecule has 2 aromatic rings. The molecule has 1 heterocycles. The SMILES string of the molecule is O=C(CC1CCC(F)(F)C1)NCc1ccc2ccccc2n1. The number of halogens is 2. The van der Waals surface area contributed by atoms with E-state index in [0.29, 0.717) is 13.0 Å². The molecule has 1 fully saturated rings. The molecule has 0 spiro atoms. The second-order valence-electron chi connectivity index (χ2n) is 5.94. The summed E-state index contributed by atoms with van der Waals surface area (Å²) in [5.74, 6) is -2.98. The first-order valence-corrected chi connectivity index (χ1v) is 7.51. The van der Waals surface area contributed by atoms with Gasteiger partial charge in [0.05, 0.1) is 17.8 Å². The molecule has 3 nitrogen and oxygen atoms in total. The Hall–Kier alpha value is -2.04. The van der Waals surface area contributed by atoms with Crippen LogP contribution in [-0.2, 0) is 11.3 Å². The van der Waals surface area contributed by atoms with Gasteiger partial charge in [-0.3, -0.25) is 9.78 Å². The molecule has 1 aromatic heterocycles. The van der Waals surface area contributed by atoms with Crippen LogP contribution >= 0.6 is 0 Å². The number of alkyl halides is 2. The first-order valence-electron chi connectivity index (χ1n) is 7.51. The van der Waals surface area contributed by atoms with Crippen molar-refractivity contribution < 1.29 is 13.6 Å². The van der Waals surface area contributed by atoms with E-state index in [1.165, 1.54) is 0 Å². The van der Waals surface area contributed by atoms with E-state index in [1.807, 2.05) is 36.4 Å². The number of para-hydroxylation sites is 1. The quantitative estimate of drug-likeness (QED) is 0.936. The van der Waals surface area contributed by atoms with Crippen molar-refractivity contribution in [2.75, 3.05) is 0 Å². The fraction of sp³-hybridized carbons (Fsp3) is 0.412. The Kier molecular flexibility index (Phi) is 4.05. The molecule has 1 unspecified atom stereocenters. The largest absolute Gasteiger partial charge is 0.350 e. The Balaban J connectivity index is 1.54. The summed E-state index contributed by atoms with van der Waals surface area (Å²) in [5.41, 5.74) is 1.65. The lowest BCUT2D eigenvalue weighted by molar-refractivity contribution is -0.122. The normalized spacial score (nSPS) is 20.2. The van der Waals surface area contributed by atoms with Crippen molar-refractivity contribution in [1.82, 2.24) is 10.3 Å². The van der Waals surface area contributed by atoms with Crippen LogP contribution < -0.4 is 5.32 Å². The maximum Gasteiger partial charge on any atom is 0.248 e. The van der Waals surface area contributed by atoms with E-state index in [4.69, 9.17) is 0 Å².